The smallest absolute Gasteiger partial charge is 0.118 e. The van der Waals surface area contributed by atoms with Gasteiger partial charge in [-0.1, -0.05) is 37.8 Å². The van der Waals surface area contributed by atoms with E-state index in [1.54, 1.807) is 19.1 Å². The van der Waals surface area contributed by atoms with Crippen molar-refractivity contribution in [3.63, 3.8) is 0 Å². The summed E-state index contributed by atoms with van der Waals surface area (Å²) in [6.07, 6.45) is 6.54. The first-order valence-electron chi connectivity index (χ1n) is 7.41. The molecule has 0 aliphatic carbocycles. The van der Waals surface area contributed by atoms with Gasteiger partial charge in [-0.3, -0.25) is 5.41 Å². The van der Waals surface area contributed by atoms with Crippen molar-refractivity contribution in [2.45, 2.75) is 32.1 Å². The summed E-state index contributed by atoms with van der Waals surface area (Å²) in [5.41, 5.74) is 7.87. The Morgan fingerprint density at radius 1 is 1.42 bits per heavy atom. The van der Waals surface area contributed by atoms with E-state index in [1.807, 2.05) is 25.1 Å². The molecule has 0 amide bonds. The molecular weight excluding hydrogens is 323 g/mol. The van der Waals surface area contributed by atoms with E-state index in [4.69, 9.17) is 16.2 Å². The third-order valence-electron chi connectivity index (χ3n) is 2.90. The Bertz CT molecular complexity index is 672. The Labute approximate surface area is 149 Å². The normalized spacial score (nSPS) is 12.3. The van der Waals surface area contributed by atoms with E-state index in [2.05, 4.69) is 19.2 Å². The summed E-state index contributed by atoms with van der Waals surface area (Å²) in [7, 11) is 0. The van der Waals surface area contributed by atoms with Gasteiger partial charge in [-0.25, -0.2) is 4.39 Å². The van der Waals surface area contributed by atoms with Gasteiger partial charge in [-0.2, -0.15) is 0 Å². The van der Waals surface area contributed by atoms with Crippen LogP contribution in [0, 0.1) is 12.3 Å². The van der Waals surface area contributed by atoms with Gasteiger partial charge < -0.3 is 10.8 Å². The van der Waals surface area contributed by atoms with E-state index in [-0.39, 0.29) is 17.4 Å². The largest absolute Gasteiger partial charge is 0.512 e. The molecule has 3 nitrogen and oxygen atoms in total. The van der Waals surface area contributed by atoms with Gasteiger partial charge in [0, 0.05) is 11.0 Å². The van der Waals surface area contributed by atoms with Crippen LogP contribution in [0.4, 0.5) is 4.39 Å². The Morgan fingerprint density at radius 3 is 2.42 bits per heavy atom. The topological polar surface area (TPSA) is 70.1 Å². The number of hydrogen-bond donors (Lipinski definition) is 4. The van der Waals surface area contributed by atoms with Crippen LogP contribution in [0.2, 0.25) is 0 Å². The predicted octanol–water partition coefficient (Wildman–Crippen LogP) is 5.50. The van der Waals surface area contributed by atoms with E-state index in [1.165, 1.54) is 19.1 Å². The molecule has 0 saturated carbocycles. The van der Waals surface area contributed by atoms with Crippen molar-refractivity contribution in [3.05, 3.63) is 71.8 Å². The zero-order valence-electron chi connectivity index (χ0n) is 14.3. The number of amidine groups is 1. The lowest BCUT2D eigenvalue weighted by Gasteiger charge is -2.05. The first-order valence-corrected chi connectivity index (χ1v) is 7.86. The fourth-order valence-corrected chi connectivity index (χ4v) is 1.78. The van der Waals surface area contributed by atoms with Crippen molar-refractivity contribution >= 4 is 24.0 Å². The van der Waals surface area contributed by atoms with Crippen molar-refractivity contribution < 1.29 is 9.50 Å². The van der Waals surface area contributed by atoms with Crippen LogP contribution in [0.15, 0.2) is 65.6 Å². The molecule has 0 bridgehead atoms. The summed E-state index contributed by atoms with van der Waals surface area (Å²) in [6, 6.07) is 5.92. The van der Waals surface area contributed by atoms with Gasteiger partial charge >= 0.3 is 0 Å². The molecule has 0 spiro atoms. The number of thiol groups is 1. The molecule has 5 heteroatoms. The van der Waals surface area contributed by atoms with Crippen LogP contribution in [0.1, 0.15) is 31.4 Å². The van der Waals surface area contributed by atoms with Crippen LogP contribution in [-0.2, 0) is 0 Å². The van der Waals surface area contributed by atoms with Gasteiger partial charge in [0.2, 0.25) is 0 Å². The number of aliphatic hydroxyl groups excluding tert-OH is 1. The molecule has 24 heavy (non-hydrogen) atoms. The number of aliphatic hydroxyl groups is 1. The minimum atomic E-state index is -0.133. The molecule has 0 unspecified atom stereocenters. The third kappa shape index (κ3) is 9.00. The van der Waals surface area contributed by atoms with E-state index < -0.39 is 0 Å². The molecule has 0 saturated heterocycles. The maximum Gasteiger partial charge on any atom is 0.118 e. The number of halogens is 1. The molecule has 1 aromatic carbocycles. The van der Waals surface area contributed by atoms with Gasteiger partial charge in [-0.05, 0) is 49.1 Å². The Kier molecular flexibility index (Phi) is 10.2. The fraction of sp³-hybridized carbons (Fsp3) is 0.211. The van der Waals surface area contributed by atoms with Gasteiger partial charge in [0.25, 0.3) is 0 Å². The number of allylic oxidation sites excluding steroid dienone is 6. The lowest BCUT2D eigenvalue weighted by molar-refractivity contribution is 0.415. The number of nitrogens with one attached hydrogen (secondary N) is 1. The summed E-state index contributed by atoms with van der Waals surface area (Å²) in [5, 5.41) is 14.9. The predicted molar refractivity (Wildman–Crippen MR) is 104 cm³/mol. The number of hydrogen-bond acceptors (Lipinski definition) is 3. The maximum absolute atomic E-state index is 13.1. The van der Waals surface area contributed by atoms with Gasteiger partial charge in [0.05, 0.1) is 11.6 Å². The highest BCUT2D eigenvalue weighted by molar-refractivity contribution is 7.80. The molecule has 4 N–H and O–H groups in total. The molecule has 0 aromatic heterocycles. The summed E-state index contributed by atoms with van der Waals surface area (Å²) in [6.45, 7) is 8.99. The van der Waals surface area contributed by atoms with E-state index in [0.717, 1.165) is 21.6 Å². The lowest BCUT2D eigenvalue weighted by Crippen LogP contribution is -2.05. The molecular formula is C19H25FN2OS. The molecule has 0 aliphatic rings. The van der Waals surface area contributed by atoms with Crippen LogP contribution in [0.25, 0.3) is 5.57 Å². The molecule has 130 valence electrons. The van der Waals surface area contributed by atoms with E-state index >= 15 is 0 Å². The molecule has 1 rings (SSSR count). The van der Waals surface area contributed by atoms with Crippen LogP contribution in [0.3, 0.4) is 0 Å². The molecule has 0 heterocycles. The van der Waals surface area contributed by atoms with Crippen molar-refractivity contribution in [2.75, 3.05) is 0 Å². The molecule has 0 aliphatic heterocycles. The third-order valence-corrected chi connectivity index (χ3v) is 3.40. The maximum atomic E-state index is 13.1. The second-order valence-electron chi connectivity index (χ2n) is 5.04. The average Bonchev–Trinajstić information content (AvgIpc) is 2.50. The number of nitrogens with two attached hydrogens (primary N) is 1. The standard InChI is InChI=1S/C15H17FS.C4H8N2O/c1-4-12(6-8-14(16)5-2)13-7-9-15(17)11(3)10-13;1-3(7)2-4(5)6/h4,6-10,17H,1,5H2,2-3H3;2,7H,1H3,(H3,5,6)/b12-6+,14-8+;3-2-. The summed E-state index contributed by atoms with van der Waals surface area (Å²) < 4.78 is 13.1. The second kappa shape index (κ2) is 11.3. The van der Waals surface area contributed by atoms with Gasteiger partial charge in [0.15, 0.2) is 0 Å². The van der Waals surface area contributed by atoms with Crippen LogP contribution in [-0.4, -0.2) is 10.9 Å². The number of aryl methyl sites for hydroxylation is 1. The summed E-state index contributed by atoms with van der Waals surface area (Å²) in [5.74, 6) is -0.195. The second-order valence-corrected chi connectivity index (χ2v) is 5.52. The molecule has 1 aromatic rings. The molecule has 0 fully saturated rings. The quantitative estimate of drug-likeness (QED) is 0.186. The SMILES string of the molecule is C/C(O)=C/C(=N)N.C=C/C(=C\C=C(\F)CC)c1ccc(S)c(C)c1. The van der Waals surface area contributed by atoms with Crippen molar-refractivity contribution in [1.82, 2.24) is 0 Å². The number of benzene rings is 1. The van der Waals surface area contributed by atoms with E-state index in [0.29, 0.717) is 6.42 Å². The zero-order chi connectivity index (χ0) is 18.7. The fourth-order valence-electron chi connectivity index (χ4n) is 1.64. The highest BCUT2D eigenvalue weighted by Crippen LogP contribution is 2.21. The number of rotatable bonds is 5. The average molecular weight is 348 g/mol. The first-order chi connectivity index (χ1) is 11.2. The summed E-state index contributed by atoms with van der Waals surface area (Å²) in [4.78, 5) is 0.951. The van der Waals surface area contributed by atoms with Crippen molar-refractivity contribution in [1.29, 1.82) is 5.41 Å². The van der Waals surface area contributed by atoms with Crippen molar-refractivity contribution in [3.8, 4) is 0 Å². The van der Waals surface area contributed by atoms with E-state index in [9.17, 15) is 4.39 Å². The zero-order valence-corrected chi connectivity index (χ0v) is 15.2. The Balaban J connectivity index is 0.000000640. The minimum Gasteiger partial charge on any atom is -0.512 e. The minimum absolute atomic E-state index is 0.0625. The summed E-state index contributed by atoms with van der Waals surface area (Å²) >= 11 is 4.33. The van der Waals surface area contributed by atoms with Gasteiger partial charge in [-0.15, -0.1) is 12.6 Å². The van der Waals surface area contributed by atoms with Crippen LogP contribution in [0.5, 0.6) is 0 Å². The van der Waals surface area contributed by atoms with Crippen LogP contribution < -0.4 is 5.73 Å². The van der Waals surface area contributed by atoms with Crippen LogP contribution >= 0.6 is 12.6 Å². The van der Waals surface area contributed by atoms with Crippen molar-refractivity contribution in [2.24, 2.45) is 5.73 Å². The van der Waals surface area contributed by atoms with Gasteiger partial charge in [0.1, 0.15) is 5.84 Å². The molecule has 0 atom stereocenters. The Hall–Kier alpha value is -2.27. The monoisotopic (exact) mass is 348 g/mol. The highest BCUT2D eigenvalue weighted by Gasteiger charge is 2.00. The lowest BCUT2D eigenvalue weighted by atomic mass is 10.0. The Morgan fingerprint density at radius 2 is 2.04 bits per heavy atom. The first kappa shape index (κ1) is 21.7. The highest BCUT2D eigenvalue weighted by atomic mass is 32.1. The molecule has 0 radical (unpaired) electrons.